The van der Waals surface area contributed by atoms with Gasteiger partial charge >= 0.3 is 0 Å². The number of hydrogen-bond donors (Lipinski definition) is 0. The fourth-order valence-electron chi connectivity index (χ4n) is 2.67. The molecule has 0 aromatic heterocycles. The summed E-state index contributed by atoms with van der Waals surface area (Å²) in [6, 6.07) is 10.5. The molecule has 0 N–H and O–H groups in total. The van der Waals surface area contributed by atoms with E-state index in [1.54, 1.807) is 0 Å². The van der Waals surface area contributed by atoms with E-state index >= 15 is 0 Å². The molecule has 1 fully saturated rings. The van der Waals surface area contributed by atoms with Crippen molar-refractivity contribution in [2.75, 3.05) is 27.2 Å². The smallest absolute Gasteiger partial charge is 0.118 e. The summed E-state index contributed by atoms with van der Waals surface area (Å²) in [5.41, 5.74) is 3.74. The molecule has 0 atom stereocenters. The van der Waals surface area contributed by atoms with E-state index in [9.17, 15) is 0 Å². The summed E-state index contributed by atoms with van der Waals surface area (Å²) in [7, 11) is 4.16. The molecule has 120 valence electrons. The van der Waals surface area contributed by atoms with Crippen LogP contribution in [0.3, 0.4) is 0 Å². The largest absolute Gasteiger partial charge is 0.396 e. The van der Waals surface area contributed by atoms with Crippen LogP contribution in [0, 0.1) is 0 Å². The first-order valence-electron chi connectivity index (χ1n) is 8.35. The number of benzene rings is 1. The lowest BCUT2D eigenvalue weighted by atomic mass is 10.0. The Kier molecular flexibility index (Phi) is 7.17. The molecule has 2 rings (SSSR count). The maximum Gasteiger partial charge on any atom is 0.118 e. The number of oxime groups is 1. The molecule has 0 radical (unpaired) electrons. The van der Waals surface area contributed by atoms with E-state index in [4.69, 9.17) is 4.84 Å². The molecule has 0 heterocycles. The van der Waals surface area contributed by atoms with Crippen LogP contribution in [-0.4, -0.2) is 37.9 Å². The van der Waals surface area contributed by atoms with Crippen molar-refractivity contribution in [1.82, 2.24) is 4.90 Å². The normalized spacial score (nSPS) is 19.6. The SMILES string of the molecule is CN(C)CCCO/N=C1\CCCCC\C1=C\c1ccccc1. The average Bonchev–Trinajstić information content (AvgIpc) is 2.73. The lowest BCUT2D eigenvalue weighted by molar-refractivity contribution is 0.134. The maximum atomic E-state index is 5.57. The first-order valence-corrected chi connectivity index (χ1v) is 8.35. The predicted octanol–water partition coefficient (Wildman–Crippen LogP) is 4.36. The van der Waals surface area contributed by atoms with Crippen molar-refractivity contribution >= 4 is 11.8 Å². The Morgan fingerprint density at radius 3 is 2.64 bits per heavy atom. The van der Waals surface area contributed by atoms with Crippen LogP contribution in [0.15, 0.2) is 41.1 Å². The summed E-state index contributed by atoms with van der Waals surface area (Å²) in [4.78, 5) is 7.74. The second-order valence-electron chi connectivity index (χ2n) is 6.17. The van der Waals surface area contributed by atoms with Gasteiger partial charge in [0, 0.05) is 6.54 Å². The minimum Gasteiger partial charge on any atom is -0.396 e. The van der Waals surface area contributed by atoms with Crippen LogP contribution >= 0.6 is 0 Å². The van der Waals surface area contributed by atoms with Crippen LogP contribution in [0.2, 0.25) is 0 Å². The molecule has 0 spiro atoms. The van der Waals surface area contributed by atoms with Gasteiger partial charge in [-0.25, -0.2) is 0 Å². The molecule has 0 amide bonds. The Labute approximate surface area is 134 Å². The molecule has 0 bridgehead atoms. The second kappa shape index (κ2) is 9.42. The first-order chi connectivity index (χ1) is 10.8. The molecular weight excluding hydrogens is 272 g/mol. The number of allylic oxidation sites excluding steroid dienone is 1. The number of rotatable bonds is 6. The van der Waals surface area contributed by atoms with Gasteiger partial charge in [-0.3, -0.25) is 0 Å². The van der Waals surface area contributed by atoms with Crippen LogP contribution in [0.4, 0.5) is 0 Å². The first kappa shape index (κ1) is 16.8. The fraction of sp³-hybridized carbons (Fsp3) is 0.526. The average molecular weight is 300 g/mol. The van der Waals surface area contributed by atoms with Crippen LogP contribution in [0.25, 0.3) is 6.08 Å². The highest BCUT2D eigenvalue weighted by Gasteiger charge is 2.12. The van der Waals surface area contributed by atoms with Crippen molar-refractivity contribution in [2.45, 2.75) is 38.5 Å². The van der Waals surface area contributed by atoms with Gasteiger partial charge in [-0.15, -0.1) is 0 Å². The van der Waals surface area contributed by atoms with Crippen molar-refractivity contribution in [3.63, 3.8) is 0 Å². The van der Waals surface area contributed by atoms with Crippen LogP contribution in [0.5, 0.6) is 0 Å². The van der Waals surface area contributed by atoms with Gasteiger partial charge in [0.25, 0.3) is 0 Å². The van der Waals surface area contributed by atoms with Gasteiger partial charge in [-0.05, 0) is 63.4 Å². The fourth-order valence-corrected chi connectivity index (χ4v) is 2.67. The van der Waals surface area contributed by atoms with Crippen LogP contribution in [-0.2, 0) is 4.84 Å². The summed E-state index contributed by atoms with van der Waals surface area (Å²) in [6.45, 7) is 1.73. The molecular formula is C19H28N2O. The van der Waals surface area contributed by atoms with Crippen molar-refractivity contribution in [3.05, 3.63) is 41.5 Å². The molecule has 1 aromatic rings. The third-order valence-electron chi connectivity index (χ3n) is 3.89. The molecule has 0 unspecified atom stereocenters. The zero-order valence-corrected chi connectivity index (χ0v) is 13.9. The van der Waals surface area contributed by atoms with Gasteiger partial charge in [0.15, 0.2) is 0 Å². The summed E-state index contributed by atoms with van der Waals surface area (Å²) in [5.74, 6) is 0. The number of nitrogens with zero attached hydrogens (tertiary/aromatic N) is 2. The quantitative estimate of drug-likeness (QED) is 0.443. The zero-order valence-electron chi connectivity index (χ0n) is 13.9. The molecule has 1 aliphatic rings. The molecule has 0 aliphatic heterocycles. The Hall–Kier alpha value is -1.61. The van der Waals surface area contributed by atoms with E-state index in [-0.39, 0.29) is 0 Å². The third kappa shape index (κ3) is 6.02. The molecule has 1 aromatic carbocycles. The van der Waals surface area contributed by atoms with Crippen molar-refractivity contribution in [3.8, 4) is 0 Å². The second-order valence-corrected chi connectivity index (χ2v) is 6.17. The third-order valence-corrected chi connectivity index (χ3v) is 3.89. The van der Waals surface area contributed by atoms with E-state index in [0.29, 0.717) is 6.61 Å². The highest BCUT2D eigenvalue weighted by molar-refractivity contribution is 6.03. The Bertz CT molecular complexity index is 491. The molecule has 1 aliphatic carbocycles. The van der Waals surface area contributed by atoms with Gasteiger partial charge in [0.1, 0.15) is 6.61 Å². The monoisotopic (exact) mass is 300 g/mol. The Balaban J connectivity index is 1.99. The summed E-state index contributed by atoms with van der Waals surface area (Å²) >= 11 is 0. The summed E-state index contributed by atoms with van der Waals surface area (Å²) in [6.07, 6.45) is 9.17. The van der Waals surface area contributed by atoms with Crippen LogP contribution in [0.1, 0.15) is 44.1 Å². The Morgan fingerprint density at radius 2 is 1.86 bits per heavy atom. The van der Waals surface area contributed by atoms with E-state index in [1.807, 2.05) is 0 Å². The molecule has 3 heteroatoms. The molecule has 22 heavy (non-hydrogen) atoms. The Morgan fingerprint density at radius 1 is 1.09 bits per heavy atom. The highest BCUT2D eigenvalue weighted by atomic mass is 16.6. The molecule has 0 saturated heterocycles. The lowest BCUT2D eigenvalue weighted by Gasteiger charge is -2.10. The topological polar surface area (TPSA) is 24.8 Å². The van der Waals surface area contributed by atoms with Crippen molar-refractivity contribution < 1.29 is 4.84 Å². The zero-order chi connectivity index (χ0) is 15.6. The maximum absolute atomic E-state index is 5.57. The number of hydrogen-bond acceptors (Lipinski definition) is 3. The predicted molar refractivity (Wildman–Crippen MR) is 94.1 cm³/mol. The summed E-state index contributed by atoms with van der Waals surface area (Å²) in [5, 5.41) is 4.45. The van der Waals surface area contributed by atoms with Gasteiger partial charge in [0.05, 0.1) is 5.71 Å². The van der Waals surface area contributed by atoms with E-state index in [0.717, 1.165) is 31.5 Å². The minimum absolute atomic E-state index is 0.695. The van der Waals surface area contributed by atoms with Gasteiger partial charge in [-0.2, -0.15) is 0 Å². The molecule has 1 saturated carbocycles. The molecule has 3 nitrogen and oxygen atoms in total. The van der Waals surface area contributed by atoms with Crippen molar-refractivity contribution in [2.24, 2.45) is 5.16 Å². The van der Waals surface area contributed by atoms with Gasteiger partial charge in [-0.1, -0.05) is 41.9 Å². The van der Waals surface area contributed by atoms with Gasteiger partial charge in [0.2, 0.25) is 0 Å². The van der Waals surface area contributed by atoms with Gasteiger partial charge < -0.3 is 9.74 Å². The standard InChI is InChI=1S/C19H28N2O/c1-21(2)14-9-15-22-20-19-13-8-4-7-12-18(19)16-17-10-5-3-6-11-17/h3,5-6,10-11,16H,4,7-9,12-15H2,1-2H3/b18-16-,20-19+. The minimum atomic E-state index is 0.695. The summed E-state index contributed by atoms with van der Waals surface area (Å²) < 4.78 is 0. The highest BCUT2D eigenvalue weighted by Crippen LogP contribution is 2.23. The van der Waals surface area contributed by atoms with Crippen molar-refractivity contribution in [1.29, 1.82) is 0 Å². The van der Waals surface area contributed by atoms with E-state index in [2.05, 4.69) is 60.6 Å². The lowest BCUT2D eigenvalue weighted by Crippen LogP contribution is -2.14. The van der Waals surface area contributed by atoms with E-state index in [1.165, 1.54) is 30.4 Å². The van der Waals surface area contributed by atoms with E-state index < -0.39 is 0 Å². The van der Waals surface area contributed by atoms with Crippen LogP contribution < -0.4 is 0 Å².